The van der Waals surface area contributed by atoms with Gasteiger partial charge < -0.3 is 10.2 Å². The molecule has 2 amide bonds. The van der Waals surface area contributed by atoms with Gasteiger partial charge in [-0.05, 0) is 36.2 Å². The Labute approximate surface area is 163 Å². The molecule has 1 saturated heterocycles. The maximum atomic E-state index is 13.0. The van der Waals surface area contributed by atoms with E-state index in [0.29, 0.717) is 5.92 Å². The molecule has 5 heteroatoms. The monoisotopic (exact) mass is 368 g/mol. The summed E-state index contributed by atoms with van der Waals surface area (Å²) in [6, 6.07) is 20.1. The summed E-state index contributed by atoms with van der Waals surface area (Å²) >= 11 is 0. The Bertz CT molecular complexity index is 1160. The van der Waals surface area contributed by atoms with Crippen molar-refractivity contribution in [1.82, 2.24) is 14.9 Å². The zero-order valence-electron chi connectivity index (χ0n) is 15.4. The third kappa shape index (κ3) is 2.95. The molecule has 0 bridgehead atoms. The highest BCUT2D eigenvalue weighted by Gasteiger charge is 2.27. The van der Waals surface area contributed by atoms with Gasteiger partial charge in [-0.25, -0.2) is 4.79 Å². The van der Waals surface area contributed by atoms with E-state index in [1.165, 1.54) is 5.56 Å². The second-order valence-corrected chi connectivity index (χ2v) is 7.17. The van der Waals surface area contributed by atoms with Crippen LogP contribution in [-0.2, 0) is 0 Å². The lowest BCUT2D eigenvalue weighted by atomic mass is 9.99. The molecule has 2 aromatic carbocycles. The van der Waals surface area contributed by atoms with Crippen molar-refractivity contribution in [3.05, 3.63) is 78.6 Å². The predicted molar refractivity (Wildman–Crippen MR) is 111 cm³/mol. The number of likely N-dealkylation sites (tertiary alicyclic amines) is 1. The van der Waals surface area contributed by atoms with Crippen LogP contribution in [0.5, 0.6) is 0 Å². The molecular formula is C23H20N4O. The van der Waals surface area contributed by atoms with Crippen LogP contribution in [0.15, 0.2) is 73.1 Å². The van der Waals surface area contributed by atoms with Gasteiger partial charge in [-0.3, -0.25) is 9.97 Å². The van der Waals surface area contributed by atoms with Crippen molar-refractivity contribution < 1.29 is 4.79 Å². The van der Waals surface area contributed by atoms with Crippen molar-refractivity contribution in [2.45, 2.75) is 12.3 Å². The first-order valence-electron chi connectivity index (χ1n) is 9.53. The number of urea groups is 1. The summed E-state index contributed by atoms with van der Waals surface area (Å²) in [5.74, 6) is 0.395. The van der Waals surface area contributed by atoms with E-state index in [1.807, 2.05) is 41.3 Å². The van der Waals surface area contributed by atoms with Crippen LogP contribution in [0.3, 0.4) is 0 Å². The minimum Gasteiger partial charge on any atom is -0.324 e. The van der Waals surface area contributed by atoms with E-state index in [0.717, 1.165) is 47.0 Å². The zero-order valence-corrected chi connectivity index (χ0v) is 15.4. The molecule has 1 N–H and O–H groups in total. The molecular weight excluding hydrogens is 348 g/mol. The van der Waals surface area contributed by atoms with Gasteiger partial charge in [-0.1, -0.05) is 36.4 Å². The van der Waals surface area contributed by atoms with E-state index in [1.54, 1.807) is 12.4 Å². The second kappa shape index (κ2) is 6.93. The van der Waals surface area contributed by atoms with Gasteiger partial charge in [0.05, 0.1) is 16.7 Å². The summed E-state index contributed by atoms with van der Waals surface area (Å²) < 4.78 is 0. The number of fused-ring (bicyclic) bond motifs is 3. The fraction of sp³-hybridized carbons (Fsp3) is 0.174. The third-order valence-electron chi connectivity index (χ3n) is 5.45. The highest BCUT2D eigenvalue weighted by Crippen LogP contribution is 2.31. The van der Waals surface area contributed by atoms with Crippen LogP contribution in [0.1, 0.15) is 17.9 Å². The van der Waals surface area contributed by atoms with Crippen LogP contribution in [0.4, 0.5) is 10.5 Å². The van der Waals surface area contributed by atoms with Gasteiger partial charge in [0.2, 0.25) is 0 Å². The number of amides is 2. The van der Waals surface area contributed by atoms with Gasteiger partial charge in [0, 0.05) is 42.2 Å². The van der Waals surface area contributed by atoms with Gasteiger partial charge in [0.25, 0.3) is 0 Å². The van der Waals surface area contributed by atoms with Crippen molar-refractivity contribution >= 4 is 33.5 Å². The van der Waals surface area contributed by atoms with E-state index in [4.69, 9.17) is 0 Å². The number of carbonyl (C=O) groups is 1. The predicted octanol–water partition coefficient (Wildman–Crippen LogP) is 4.80. The maximum absolute atomic E-state index is 13.0. The Morgan fingerprint density at radius 2 is 1.75 bits per heavy atom. The number of hydrogen-bond acceptors (Lipinski definition) is 3. The largest absolute Gasteiger partial charge is 0.324 e. The molecule has 1 atom stereocenters. The van der Waals surface area contributed by atoms with Crippen molar-refractivity contribution in [3.63, 3.8) is 0 Å². The number of rotatable bonds is 2. The van der Waals surface area contributed by atoms with E-state index < -0.39 is 0 Å². The van der Waals surface area contributed by atoms with Crippen LogP contribution in [0.25, 0.3) is 21.8 Å². The Hall–Kier alpha value is -3.47. The Morgan fingerprint density at radius 1 is 0.964 bits per heavy atom. The van der Waals surface area contributed by atoms with Gasteiger partial charge in [-0.2, -0.15) is 0 Å². The summed E-state index contributed by atoms with van der Waals surface area (Å²) in [6.45, 7) is 1.50. The molecule has 1 aliphatic rings. The standard InChI is InChI=1S/C23H20N4O/c28-23(27-13-10-18(15-27)16-6-2-1-3-7-16)26-20-14-17-8-4-11-24-21(17)22-19(20)9-5-12-25-22/h1-9,11-12,14,18H,10,13,15H2,(H,26,28)/t18-/m1/s1. The van der Waals surface area contributed by atoms with Crippen LogP contribution >= 0.6 is 0 Å². The third-order valence-corrected chi connectivity index (χ3v) is 5.45. The highest BCUT2D eigenvalue weighted by atomic mass is 16.2. The van der Waals surface area contributed by atoms with E-state index in [2.05, 4.69) is 39.6 Å². The Balaban J connectivity index is 1.43. The molecule has 2 aromatic heterocycles. The average molecular weight is 368 g/mol. The first kappa shape index (κ1) is 16.7. The molecule has 1 fully saturated rings. The first-order chi connectivity index (χ1) is 13.8. The second-order valence-electron chi connectivity index (χ2n) is 7.17. The maximum Gasteiger partial charge on any atom is 0.321 e. The Kier molecular flexibility index (Phi) is 4.13. The number of nitrogens with zero attached hydrogens (tertiary/aromatic N) is 3. The summed E-state index contributed by atoms with van der Waals surface area (Å²) in [4.78, 5) is 23.8. The van der Waals surface area contributed by atoms with E-state index in [-0.39, 0.29) is 6.03 Å². The molecule has 3 heterocycles. The minimum atomic E-state index is -0.0631. The van der Waals surface area contributed by atoms with E-state index >= 15 is 0 Å². The van der Waals surface area contributed by atoms with Gasteiger partial charge >= 0.3 is 6.03 Å². The molecule has 5 rings (SSSR count). The molecule has 4 aromatic rings. The molecule has 5 nitrogen and oxygen atoms in total. The lowest BCUT2D eigenvalue weighted by Gasteiger charge is -2.19. The molecule has 0 aliphatic carbocycles. The molecule has 138 valence electrons. The summed E-state index contributed by atoms with van der Waals surface area (Å²) in [5.41, 5.74) is 3.72. The van der Waals surface area contributed by atoms with Crippen LogP contribution in [-0.4, -0.2) is 34.0 Å². The number of hydrogen-bond donors (Lipinski definition) is 1. The van der Waals surface area contributed by atoms with Crippen molar-refractivity contribution in [1.29, 1.82) is 0 Å². The number of anilines is 1. The van der Waals surface area contributed by atoms with Crippen LogP contribution in [0.2, 0.25) is 0 Å². The van der Waals surface area contributed by atoms with Gasteiger partial charge in [-0.15, -0.1) is 0 Å². The molecule has 1 aliphatic heterocycles. The van der Waals surface area contributed by atoms with Crippen molar-refractivity contribution in [3.8, 4) is 0 Å². The molecule has 0 unspecified atom stereocenters. The topological polar surface area (TPSA) is 58.1 Å². The molecule has 28 heavy (non-hydrogen) atoms. The Morgan fingerprint density at radius 3 is 2.61 bits per heavy atom. The SMILES string of the molecule is O=C(Nc1cc2cccnc2c2ncccc12)N1CC[C@@H](c2ccccc2)C1. The summed E-state index contributed by atoms with van der Waals surface area (Å²) in [6.07, 6.45) is 4.51. The lowest BCUT2D eigenvalue weighted by Crippen LogP contribution is -2.32. The van der Waals surface area contributed by atoms with Crippen molar-refractivity contribution in [2.75, 3.05) is 18.4 Å². The number of aromatic nitrogens is 2. The number of carbonyl (C=O) groups excluding carboxylic acids is 1. The van der Waals surface area contributed by atoms with Crippen molar-refractivity contribution in [2.24, 2.45) is 0 Å². The molecule has 0 radical (unpaired) electrons. The molecule has 0 spiro atoms. The van der Waals surface area contributed by atoms with Gasteiger partial charge in [0.15, 0.2) is 0 Å². The fourth-order valence-electron chi connectivity index (χ4n) is 4.02. The zero-order chi connectivity index (χ0) is 18.9. The lowest BCUT2D eigenvalue weighted by molar-refractivity contribution is 0.222. The highest BCUT2D eigenvalue weighted by molar-refractivity contribution is 6.11. The smallest absolute Gasteiger partial charge is 0.321 e. The number of benzene rings is 2. The van der Waals surface area contributed by atoms with Crippen LogP contribution < -0.4 is 5.32 Å². The minimum absolute atomic E-state index is 0.0631. The fourth-order valence-corrected chi connectivity index (χ4v) is 4.02. The average Bonchev–Trinajstić information content (AvgIpc) is 3.25. The number of nitrogens with one attached hydrogen (secondary N) is 1. The summed E-state index contributed by atoms with van der Waals surface area (Å²) in [5, 5.41) is 4.98. The quantitative estimate of drug-likeness (QED) is 0.517. The summed E-state index contributed by atoms with van der Waals surface area (Å²) in [7, 11) is 0. The molecule has 0 saturated carbocycles. The van der Waals surface area contributed by atoms with Crippen LogP contribution in [0, 0.1) is 0 Å². The van der Waals surface area contributed by atoms with E-state index in [9.17, 15) is 4.79 Å². The normalized spacial score (nSPS) is 16.6. The number of pyridine rings is 2. The van der Waals surface area contributed by atoms with Gasteiger partial charge in [0.1, 0.15) is 0 Å². The first-order valence-corrected chi connectivity index (χ1v) is 9.53.